The first-order chi connectivity index (χ1) is 10.8. The van der Waals surface area contributed by atoms with Gasteiger partial charge in [-0.1, -0.05) is 30.3 Å². The van der Waals surface area contributed by atoms with Crippen LogP contribution in [-0.4, -0.2) is 11.5 Å². The lowest BCUT2D eigenvalue weighted by molar-refractivity contribution is 0.306. The van der Waals surface area contributed by atoms with Gasteiger partial charge in [-0.15, -0.1) is 0 Å². The van der Waals surface area contributed by atoms with E-state index in [9.17, 15) is 0 Å². The number of hydrogen-bond donors (Lipinski definition) is 1. The molecule has 0 atom stereocenters. The number of rotatable bonds is 5. The predicted molar refractivity (Wildman–Crippen MR) is 90.0 cm³/mol. The number of nitrogens with two attached hydrogens (primary N) is 1. The summed E-state index contributed by atoms with van der Waals surface area (Å²) < 4.78 is 5.88. The minimum Gasteiger partial charge on any atom is -0.489 e. The molecule has 0 saturated heterocycles. The number of ether oxygens (including phenoxy) is 1. The Bertz CT molecular complexity index is 769. The highest BCUT2D eigenvalue weighted by Crippen LogP contribution is 2.23. The van der Waals surface area contributed by atoms with Gasteiger partial charge in [-0.05, 0) is 55.3 Å². The molecule has 0 aliphatic rings. The predicted octanol–water partition coefficient (Wildman–Crippen LogP) is 3.62. The molecule has 0 fully saturated rings. The summed E-state index contributed by atoms with van der Waals surface area (Å²) in [4.78, 5) is 4.64. The molecule has 0 saturated carbocycles. The molecule has 3 aromatic rings. The van der Waals surface area contributed by atoms with Crippen molar-refractivity contribution < 1.29 is 4.74 Å². The normalized spacial score (nSPS) is 10.8. The molecular weight excluding hydrogens is 272 g/mol. The molecule has 0 unspecified atom stereocenters. The van der Waals surface area contributed by atoms with E-state index in [2.05, 4.69) is 23.2 Å². The van der Waals surface area contributed by atoms with Crippen LogP contribution < -0.4 is 10.5 Å². The smallest absolute Gasteiger partial charge is 0.120 e. The highest BCUT2D eigenvalue weighted by Gasteiger charge is 2.04. The molecule has 22 heavy (non-hydrogen) atoms. The molecule has 2 N–H and O–H groups in total. The number of pyridine rings is 1. The van der Waals surface area contributed by atoms with E-state index in [1.807, 2.05) is 43.3 Å². The Morgan fingerprint density at radius 2 is 1.86 bits per heavy atom. The van der Waals surface area contributed by atoms with Crippen molar-refractivity contribution in [2.24, 2.45) is 5.73 Å². The van der Waals surface area contributed by atoms with Crippen LogP contribution in [0.15, 0.2) is 54.6 Å². The van der Waals surface area contributed by atoms with E-state index in [1.165, 1.54) is 5.56 Å². The number of aryl methyl sites for hydroxylation is 1. The topological polar surface area (TPSA) is 48.1 Å². The number of benzene rings is 2. The van der Waals surface area contributed by atoms with Gasteiger partial charge < -0.3 is 10.5 Å². The molecule has 0 aliphatic carbocycles. The van der Waals surface area contributed by atoms with Crippen LogP contribution in [0, 0.1) is 6.92 Å². The average molecular weight is 292 g/mol. The quantitative estimate of drug-likeness (QED) is 0.781. The minimum absolute atomic E-state index is 0.571. The molecule has 0 bridgehead atoms. The van der Waals surface area contributed by atoms with E-state index in [4.69, 9.17) is 10.5 Å². The first kappa shape index (κ1) is 14.5. The molecular formula is C19H20N2O. The van der Waals surface area contributed by atoms with Gasteiger partial charge >= 0.3 is 0 Å². The van der Waals surface area contributed by atoms with E-state index < -0.39 is 0 Å². The molecule has 1 aromatic heterocycles. The molecule has 0 spiro atoms. The van der Waals surface area contributed by atoms with Crippen molar-refractivity contribution >= 4 is 10.9 Å². The summed E-state index contributed by atoms with van der Waals surface area (Å²) in [5.41, 5.74) is 10.1. The van der Waals surface area contributed by atoms with Gasteiger partial charge in [-0.25, -0.2) is 0 Å². The van der Waals surface area contributed by atoms with Gasteiger partial charge in [0.25, 0.3) is 0 Å². The second-order valence-corrected chi connectivity index (χ2v) is 5.40. The lowest BCUT2D eigenvalue weighted by Gasteiger charge is -2.09. The zero-order chi connectivity index (χ0) is 15.4. The van der Waals surface area contributed by atoms with Crippen molar-refractivity contribution in [3.05, 3.63) is 71.4 Å². The second kappa shape index (κ2) is 6.58. The van der Waals surface area contributed by atoms with Crippen molar-refractivity contribution in [1.82, 2.24) is 4.98 Å². The van der Waals surface area contributed by atoms with Crippen molar-refractivity contribution in [3.8, 4) is 5.75 Å². The highest BCUT2D eigenvalue weighted by atomic mass is 16.5. The van der Waals surface area contributed by atoms with Crippen LogP contribution in [0.3, 0.4) is 0 Å². The molecule has 3 nitrogen and oxygen atoms in total. The Kier molecular flexibility index (Phi) is 4.35. The standard InChI is InChI=1S/C19H20N2O/c1-14-16(9-10-20)11-17-12-18(7-8-19(17)21-14)22-13-15-5-3-2-4-6-15/h2-8,11-12H,9-10,13,20H2,1H3. The van der Waals surface area contributed by atoms with E-state index in [1.54, 1.807) is 0 Å². The van der Waals surface area contributed by atoms with Crippen LogP contribution in [0.1, 0.15) is 16.8 Å². The van der Waals surface area contributed by atoms with Gasteiger partial charge in [-0.2, -0.15) is 0 Å². The fraction of sp³-hybridized carbons (Fsp3) is 0.211. The SMILES string of the molecule is Cc1nc2ccc(OCc3ccccc3)cc2cc1CCN. The molecule has 112 valence electrons. The molecule has 3 rings (SSSR count). The maximum absolute atomic E-state index is 5.88. The lowest BCUT2D eigenvalue weighted by Crippen LogP contribution is -2.05. The zero-order valence-electron chi connectivity index (χ0n) is 12.8. The Hall–Kier alpha value is -2.39. The van der Waals surface area contributed by atoms with Gasteiger partial charge in [0.05, 0.1) is 5.52 Å². The number of nitrogens with zero attached hydrogens (tertiary/aromatic N) is 1. The van der Waals surface area contributed by atoms with Crippen LogP contribution >= 0.6 is 0 Å². The minimum atomic E-state index is 0.571. The highest BCUT2D eigenvalue weighted by molar-refractivity contribution is 5.81. The van der Waals surface area contributed by atoms with E-state index in [0.717, 1.165) is 34.3 Å². The zero-order valence-corrected chi connectivity index (χ0v) is 12.8. The molecule has 1 heterocycles. The van der Waals surface area contributed by atoms with Gasteiger partial charge in [0, 0.05) is 11.1 Å². The third-order valence-corrected chi connectivity index (χ3v) is 3.74. The van der Waals surface area contributed by atoms with Crippen molar-refractivity contribution in [2.75, 3.05) is 6.54 Å². The van der Waals surface area contributed by atoms with Crippen LogP contribution in [0.2, 0.25) is 0 Å². The maximum atomic E-state index is 5.88. The van der Waals surface area contributed by atoms with Crippen molar-refractivity contribution in [3.63, 3.8) is 0 Å². The first-order valence-corrected chi connectivity index (χ1v) is 7.53. The Morgan fingerprint density at radius 1 is 1.05 bits per heavy atom. The molecule has 0 radical (unpaired) electrons. The molecule has 0 aliphatic heterocycles. The fourth-order valence-electron chi connectivity index (χ4n) is 2.53. The van der Waals surface area contributed by atoms with E-state index in [0.29, 0.717) is 13.2 Å². The van der Waals surface area contributed by atoms with Crippen LogP contribution in [0.4, 0.5) is 0 Å². The summed E-state index contributed by atoms with van der Waals surface area (Å²) in [5.74, 6) is 0.862. The third-order valence-electron chi connectivity index (χ3n) is 3.74. The van der Waals surface area contributed by atoms with Gasteiger partial charge in [0.2, 0.25) is 0 Å². The molecule has 3 heteroatoms. The summed E-state index contributed by atoms with van der Waals surface area (Å²) in [6.45, 7) is 3.24. The van der Waals surface area contributed by atoms with E-state index in [-0.39, 0.29) is 0 Å². The Balaban J connectivity index is 1.83. The Labute approximate surface area is 130 Å². The third kappa shape index (κ3) is 3.26. The summed E-state index contributed by atoms with van der Waals surface area (Å²) in [7, 11) is 0. The van der Waals surface area contributed by atoms with Crippen molar-refractivity contribution in [1.29, 1.82) is 0 Å². The molecule has 0 amide bonds. The van der Waals surface area contributed by atoms with Crippen LogP contribution in [0.5, 0.6) is 5.75 Å². The second-order valence-electron chi connectivity index (χ2n) is 5.40. The lowest BCUT2D eigenvalue weighted by atomic mass is 10.1. The first-order valence-electron chi connectivity index (χ1n) is 7.53. The number of aromatic nitrogens is 1. The number of fused-ring (bicyclic) bond motifs is 1. The largest absolute Gasteiger partial charge is 0.489 e. The summed E-state index contributed by atoms with van der Waals surface area (Å²) >= 11 is 0. The van der Waals surface area contributed by atoms with Gasteiger partial charge in [0.15, 0.2) is 0 Å². The van der Waals surface area contributed by atoms with Crippen LogP contribution in [0.25, 0.3) is 10.9 Å². The fourth-order valence-corrected chi connectivity index (χ4v) is 2.53. The molecule has 2 aromatic carbocycles. The van der Waals surface area contributed by atoms with E-state index >= 15 is 0 Å². The number of hydrogen-bond acceptors (Lipinski definition) is 3. The average Bonchev–Trinajstić information content (AvgIpc) is 2.55. The Morgan fingerprint density at radius 3 is 2.64 bits per heavy atom. The maximum Gasteiger partial charge on any atom is 0.120 e. The van der Waals surface area contributed by atoms with Crippen LogP contribution in [-0.2, 0) is 13.0 Å². The van der Waals surface area contributed by atoms with Gasteiger partial charge in [0.1, 0.15) is 12.4 Å². The van der Waals surface area contributed by atoms with Gasteiger partial charge in [-0.3, -0.25) is 4.98 Å². The summed E-state index contributed by atoms with van der Waals surface area (Å²) in [6, 6.07) is 18.4. The van der Waals surface area contributed by atoms with Crippen molar-refractivity contribution in [2.45, 2.75) is 20.0 Å². The summed E-state index contributed by atoms with van der Waals surface area (Å²) in [6.07, 6.45) is 0.851. The monoisotopic (exact) mass is 292 g/mol. The summed E-state index contributed by atoms with van der Waals surface area (Å²) in [5, 5.41) is 1.10.